The third-order valence-corrected chi connectivity index (χ3v) is 3.32. The number of carbonyl (C=O) groups is 2. The number of aromatic nitrogens is 1. The van der Waals surface area contributed by atoms with E-state index in [1.807, 2.05) is 42.5 Å². The molecule has 116 valence electrons. The first kappa shape index (κ1) is 14.8. The molecule has 6 nitrogen and oxygen atoms in total. The molecule has 0 saturated carbocycles. The number of ether oxygens (including phenoxy) is 1. The van der Waals surface area contributed by atoms with Crippen LogP contribution >= 0.6 is 0 Å². The maximum Gasteiger partial charge on any atom is 0.326 e. The molecule has 2 heterocycles. The Hall–Kier alpha value is -3.15. The summed E-state index contributed by atoms with van der Waals surface area (Å²) in [6.07, 6.45) is 3.86. The number of nitrogens with zero attached hydrogens (tertiary/aromatic N) is 1. The number of rotatable bonds is 5. The predicted octanol–water partition coefficient (Wildman–Crippen LogP) is 1.93. The number of hydrogen-bond acceptors (Lipinski definition) is 4. The fraction of sp³-hybridized carbons (Fsp3) is 0.118. The van der Waals surface area contributed by atoms with Crippen molar-refractivity contribution in [2.75, 3.05) is 0 Å². The molecule has 1 aromatic heterocycles. The van der Waals surface area contributed by atoms with Gasteiger partial charge in [-0.15, -0.1) is 0 Å². The summed E-state index contributed by atoms with van der Waals surface area (Å²) >= 11 is 0. The number of hydrogen-bond donors (Lipinski definition) is 2. The van der Waals surface area contributed by atoms with Crippen molar-refractivity contribution in [3.05, 3.63) is 71.7 Å². The minimum atomic E-state index is -0.499. The van der Waals surface area contributed by atoms with E-state index in [1.165, 1.54) is 0 Å². The molecule has 1 saturated heterocycles. The van der Waals surface area contributed by atoms with Crippen molar-refractivity contribution >= 4 is 11.9 Å². The molecule has 2 N–H and O–H groups in total. The molecule has 0 spiro atoms. The third kappa shape index (κ3) is 3.74. The van der Waals surface area contributed by atoms with Crippen LogP contribution in [0.5, 0.6) is 5.75 Å². The SMILES string of the molecule is O=C1NC(=O)/C(=C\Cc2ccccc2OCc2ccccn2)N1. The third-order valence-electron chi connectivity index (χ3n) is 3.32. The van der Waals surface area contributed by atoms with Crippen LogP contribution in [-0.2, 0) is 17.8 Å². The standard InChI is InChI=1S/C17H15N3O3/c21-16-14(19-17(22)20-16)9-8-12-5-1-2-7-15(12)23-11-13-6-3-4-10-18-13/h1-7,9-10H,8,11H2,(H2,19,20,21,22)/b14-9+. The normalized spacial score (nSPS) is 15.4. The minimum Gasteiger partial charge on any atom is -0.487 e. The van der Waals surface area contributed by atoms with E-state index in [-0.39, 0.29) is 5.70 Å². The maximum absolute atomic E-state index is 11.5. The summed E-state index contributed by atoms with van der Waals surface area (Å²) in [7, 11) is 0. The number of pyridine rings is 1. The van der Waals surface area contributed by atoms with Crippen LogP contribution in [-0.4, -0.2) is 16.9 Å². The van der Waals surface area contributed by atoms with E-state index < -0.39 is 11.9 Å². The first-order valence-corrected chi connectivity index (χ1v) is 7.15. The molecule has 1 aliphatic rings. The highest BCUT2D eigenvalue weighted by Gasteiger charge is 2.22. The second-order valence-corrected chi connectivity index (χ2v) is 4.95. The van der Waals surface area contributed by atoms with Gasteiger partial charge >= 0.3 is 6.03 Å². The minimum absolute atomic E-state index is 0.259. The lowest BCUT2D eigenvalue weighted by Crippen LogP contribution is -2.22. The Morgan fingerprint density at radius 1 is 1.04 bits per heavy atom. The van der Waals surface area contributed by atoms with Gasteiger partial charge in [-0.1, -0.05) is 30.3 Å². The topological polar surface area (TPSA) is 80.3 Å². The van der Waals surface area contributed by atoms with Gasteiger partial charge in [-0.25, -0.2) is 4.79 Å². The molecule has 0 atom stereocenters. The summed E-state index contributed by atoms with van der Waals surface area (Å²) in [4.78, 5) is 26.8. The molecule has 0 radical (unpaired) electrons. The van der Waals surface area contributed by atoms with Gasteiger partial charge in [0.1, 0.15) is 18.1 Å². The lowest BCUT2D eigenvalue weighted by atomic mass is 10.1. The molecule has 0 unspecified atom stereocenters. The zero-order valence-electron chi connectivity index (χ0n) is 12.3. The van der Waals surface area contributed by atoms with Gasteiger partial charge in [0.15, 0.2) is 0 Å². The van der Waals surface area contributed by atoms with Gasteiger partial charge < -0.3 is 10.1 Å². The van der Waals surface area contributed by atoms with Crippen molar-refractivity contribution in [1.82, 2.24) is 15.6 Å². The summed E-state index contributed by atoms with van der Waals surface area (Å²) in [5, 5.41) is 4.63. The first-order valence-electron chi connectivity index (χ1n) is 7.15. The van der Waals surface area contributed by atoms with E-state index in [9.17, 15) is 9.59 Å². The molecule has 0 bridgehead atoms. The van der Waals surface area contributed by atoms with E-state index in [4.69, 9.17) is 4.74 Å². The van der Waals surface area contributed by atoms with Gasteiger partial charge in [-0.05, 0) is 30.2 Å². The Morgan fingerprint density at radius 3 is 2.61 bits per heavy atom. The van der Waals surface area contributed by atoms with Crippen molar-refractivity contribution in [3.8, 4) is 5.75 Å². The van der Waals surface area contributed by atoms with Crippen LogP contribution in [0, 0.1) is 0 Å². The number of urea groups is 1. The van der Waals surface area contributed by atoms with E-state index in [1.54, 1.807) is 12.3 Å². The Kier molecular flexibility index (Phi) is 4.33. The molecular formula is C17H15N3O3. The van der Waals surface area contributed by atoms with Gasteiger partial charge in [-0.2, -0.15) is 0 Å². The van der Waals surface area contributed by atoms with Crippen LogP contribution in [0.25, 0.3) is 0 Å². The summed E-state index contributed by atoms with van der Waals surface area (Å²) in [5.41, 5.74) is 2.02. The first-order chi connectivity index (χ1) is 11.2. The highest BCUT2D eigenvalue weighted by molar-refractivity contribution is 6.11. The number of allylic oxidation sites excluding steroid dienone is 1. The summed E-state index contributed by atoms with van der Waals surface area (Å²) in [6, 6.07) is 12.7. The summed E-state index contributed by atoms with van der Waals surface area (Å²) in [5.74, 6) is 0.307. The second-order valence-electron chi connectivity index (χ2n) is 4.95. The molecule has 0 aliphatic carbocycles. The highest BCUT2D eigenvalue weighted by atomic mass is 16.5. The average molecular weight is 309 g/mol. The van der Waals surface area contributed by atoms with Gasteiger partial charge in [0.25, 0.3) is 5.91 Å². The van der Waals surface area contributed by atoms with E-state index in [2.05, 4.69) is 15.6 Å². The largest absolute Gasteiger partial charge is 0.487 e. The molecule has 2 aromatic rings. The molecule has 6 heteroatoms. The Morgan fingerprint density at radius 2 is 1.87 bits per heavy atom. The van der Waals surface area contributed by atoms with E-state index in [0.717, 1.165) is 17.0 Å². The second kappa shape index (κ2) is 6.74. The van der Waals surface area contributed by atoms with Crippen LogP contribution in [0.2, 0.25) is 0 Å². The smallest absolute Gasteiger partial charge is 0.326 e. The van der Waals surface area contributed by atoms with E-state index >= 15 is 0 Å². The monoisotopic (exact) mass is 309 g/mol. The van der Waals surface area contributed by atoms with E-state index in [0.29, 0.717) is 13.0 Å². The van der Waals surface area contributed by atoms with Crippen LogP contribution in [0.3, 0.4) is 0 Å². The van der Waals surface area contributed by atoms with Gasteiger partial charge in [0, 0.05) is 6.20 Å². The van der Waals surface area contributed by atoms with Crippen LogP contribution < -0.4 is 15.4 Å². The number of para-hydroxylation sites is 1. The zero-order valence-corrected chi connectivity index (χ0v) is 12.3. The highest BCUT2D eigenvalue weighted by Crippen LogP contribution is 2.20. The maximum atomic E-state index is 11.5. The molecule has 3 amide bonds. The fourth-order valence-corrected chi connectivity index (χ4v) is 2.18. The number of carbonyl (C=O) groups excluding carboxylic acids is 2. The lowest BCUT2D eigenvalue weighted by Gasteiger charge is -2.10. The molecule has 3 rings (SSSR count). The Balaban J connectivity index is 1.69. The van der Waals surface area contributed by atoms with Crippen molar-refractivity contribution in [2.24, 2.45) is 0 Å². The Labute approximate surface area is 133 Å². The Bertz CT molecular complexity index is 757. The molecule has 1 aromatic carbocycles. The average Bonchev–Trinajstić information content (AvgIpc) is 2.90. The van der Waals surface area contributed by atoms with Crippen molar-refractivity contribution in [1.29, 1.82) is 0 Å². The van der Waals surface area contributed by atoms with Crippen molar-refractivity contribution in [3.63, 3.8) is 0 Å². The van der Waals surface area contributed by atoms with Gasteiger partial charge in [0.2, 0.25) is 0 Å². The van der Waals surface area contributed by atoms with Crippen LogP contribution in [0.1, 0.15) is 11.3 Å². The van der Waals surface area contributed by atoms with Gasteiger partial charge in [0.05, 0.1) is 5.69 Å². The number of nitrogens with one attached hydrogen (secondary N) is 2. The zero-order chi connectivity index (χ0) is 16.1. The fourth-order valence-electron chi connectivity index (χ4n) is 2.18. The van der Waals surface area contributed by atoms with Crippen molar-refractivity contribution in [2.45, 2.75) is 13.0 Å². The lowest BCUT2D eigenvalue weighted by molar-refractivity contribution is -0.115. The quantitative estimate of drug-likeness (QED) is 0.653. The molecule has 1 aliphatic heterocycles. The summed E-state index contributed by atoms with van der Waals surface area (Å²) in [6.45, 7) is 0.367. The number of benzene rings is 1. The van der Waals surface area contributed by atoms with Crippen molar-refractivity contribution < 1.29 is 14.3 Å². The molecular weight excluding hydrogens is 294 g/mol. The predicted molar refractivity (Wildman–Crippen MR) is 83.5 cm³/mol. The molecule has 1 fully saturated rings. The summed E-state index contributed by atoms with van der Waals surface area (Å²) < 4.78 is 5.81. The number of amides is 3. The molecule has 23 heavy (non-hydrogen) atoms. The number of imide groups is 1. The van der Waals surface area contributed by atoms with Gasteiger partial charge in [-0.3, -0.25) is 15.1 Å². The van der Waals surface area contributed by atoms with Crippen LogP contribution in [0.15, 0.2) is 60.4 Å². The van der Waals surface area contributed by atoms with Crippen LogP contribution in [0.4, 0.5) is 4.79 Å².